The first-order valence-electron chi connectivity index (χ1n) is 6.14. The molecule has 1 aromatic carbocycles. The van der Waals surface area contributed by atoms with Crippen LogP contribution in [0.1, 0.15) is 10.4 Å². The Hall–Kier alpha value is -3.16. The van der Waals surface area contributed by atoms with Crippen molar-refractivity contribution in [1.82, 2.24) is 25.4 Å². The van der Waals surface area contributed by atoms with E-state index < -0.39 is 0 Å². The molecule has 3 N–H and O–H groups in total. The Morgan fingerprint density at radius 1 is 1.24 bits per heavy atom. The minimum atomic E-state index is -0.346. The number of rotatable bonds is 4. The van der Waals surface area contributed by atoms with E-state index in [2.05, 4.69) is 30.7 Å². The maximum Gasteiger partial charge on any atom is 0.336 e. The molecule has 8 nitrogen and oxygen atoms in total. The van der Waals surface area contributed by atoms with E-state index in [0.717, 1.165) is 5.56 Å². The topological polar surface area (TPSA) is 109 Å². The van der Waals surface area contributed by atoms with Crippen LogP contribution in [0.15, 0.2) is 36.5 Å². The van der Waals surface area contributed by atoms with Crippen LogP contribution in [0, 0.1) is 0 Å². The molecule has 0 radical (unpaired) electrons. The van der Waals surface area contributed by atoms with Crippen molar-refractivity contribution in [3.63, 3.8) is 0 Å². The van der Waals surface area contributed by atoms with Crippen molar-refractivity contribution < 1.29 is 9.53 Å². The molecule has 0 saturated heterocycles. The van der Waals surface area contributed by atoms with Gasteiger partial charge in [-0.25, -0.2) is 5.10 Å². The van der Waals surface area contributed by atoms with Gasteiger partial charge in [0.05, 0.1) is 24.6 Å². The van der Waals surface area contributed by atoms with Crippen molar-refractivity contribution in [2.45, 2.75) is 0 Å². The third-order valence-corrected chi connectivity index (χ3v) is 2.83. The van der Waals surface area contributed by atoms with E-state index in [9.17, 15) is 4.79 Å². The van der Waals surface area contributed by atoms with Gasteiger partial charge in [-0.3, -0.25) is 15.2 Å². The third kappa shape index (κ3) is 2.59. The van der Waals surface area contributed by atoms with Crippen LogP contribution in [-0.2, 0) is 0 Å². The van der Waals surface area contributed by atoms with E-state index in [1.165, 1.54) is 13.3 Å². The molecule has 3 rings (SSSR count). The van der Waals surface area contributed by atoms with Gasteiger partial charge in [-0.2, -0.15) is 10.1 Å². The molecule has 0 saturated carbocycles. The fourth-order valence-electron chi connectivity index (χ4n) is 1.85. The predicted molar refractivity (Wildman–Crippen MR) is 74.9 cm³/mol. The summed E-state index contributed by atoms with van der Waals surface area (Å²) < 4.78 is 4.84. The molecule has 2 heterocycles. The predicted octanol–water partition coefficient (Wildman–Crippen LogP) is 1.46. The monoisotopic (exact) mass is 284 g/mol. The van der Waals surface area contributed by atoms with E-state index in [0.29, 0.717) is 11.3 Å². The highest BCUT2D eigenvalue weighted by Crippen LogP contribution is 2.21. The van der Waals surface area contributed by atoms with Gasteiger partial charge < -0.3 is 4.74 Å². The fourth-order valence-corrected chi connectivity index (χ4v) is 1.85. The summed E-state index contributed by atoms with van der Waals surface area (Å²) in [6.45, 7) is 0. The lowest BCUT2D eigenvalue weighted by molar-refractivity contribution is 0.102. The Labute approximate surface area is 119 Å². The SMILES string of the molecule is COc1n[nH]c(NC(=O)c2cn[nH]c2-c2ccccc2)n1. The van der Waals surface area contributed by atoms with Crippen molar-refractivity contribution in [2.75, 3.05) is 12.4 Å². The number of methoxy groups -OCH3 is 1. The Balaban J connectivity index is 1.84. The van der Waals surface area contributed by atoms with Gasteiger partial charge in [0.15, 0.2) is 0 Å². The maximum absolute atomic E-state index is 12.3. The van der Waals surface area contributed by atoms with Gasteiger partial charge in [0.1, 0.15) is 0 Å². The quantitative estimate of drug-likeness (QED) is 0.672. The zero-order chi connectivity index (χ0) is 14.7. The number of carbonyl (C=O) groups excluding carboxylic acids is 1. The van der Waals surface area contributed by atoms with Gasteiger partial charge in [-0.1, -0.05) is 30.3 Å². The summed E-state index contributed by atoms with van der Waals surface area (Å²) in [5, 5.41) is 15.7. The number of benzene rings is 1. The number of amides is 1. The van der Waals surface area contributed by atoms with Crippen molar-refractivity contribution in [3.8, 4) is 17.3 Å². The Kier molecular flexibility index (Phi) is 3.34. The molecule has 21 heavy (non-hydrogen) atoms. The molecule has 106 valence electrons. The van der Waals surface area contributed by atoms with Gasteiger partial charge in [-0.15, -0.1) is 5.10 Å². The highest BCUT2D eigenvalue weighted by atomic mass is 16.5. The van der Waals surface area contributed by atoms with Crippen LogP contribution in [0.2, 0.25) is 0 Å². The average Bonchev–Trinajstić information content (AvgIpc) is 3.17. The molecule has 0 spiro atoms. The standard InChI is InChI=1S/C13H12N6O2/c1-21-13-16-12(18-19-13)15-11(20)9-7-14-17-10(9)8-5-3-2-4-6-8/h2-7H,1H3,(H,14,17)(H2,15,16,18,19,20). The van der Waals surface area contributed by atoms with E-state index in [4.69, 9.17) is 4.74 Å². The molecular weight excluding hydrogens is 272 g/mol. The van der Waals surface area contributed by atoms with Crippen molar-refractivity contribution in [1.29, 1.82) is 0 Å². The zero-order valence-corrected chi connectivity index (χ0v) is 11.1. The molecule has 1 amide bonds. The average molecular weight is 284 g/mol. The molecule has 8 heteroatoms. The summed E-state index contributed by atoms with van der Waals surface area (Å²) in [5.41, 5.74) is 1.92. The normalized spacial score (nSPS) is 10.3. The third-order valence-electron chi connectivity index (χ3n) is 2.83. The van der Waals surface area contributed by atoms with Crippen molar-refractivity contribution >= 4 is 11.9 Å². The number of hydrogen-bond acceptors (Lipinski definition) is 5. The molecule has 0 aliphatic heterocycles. The van der Waals surface area contributed by atoms with Gasteiger partial charge in [0.25, 0.3) is 5.91 Å². The lowest BCUT2D eigenvalue weighted by Crippen LogP contribution is -2.13. The number of hydrogen-bond donors (Lipinski definition) is 3. The van der Waals surface area contributed by atoms with Crippen LogP contribution in [0.3, 0.4) is 0 Å². The van der Waals surface area contributed by atoms with Crippen LogP contribution < -0.4 is 10.1 Å². The molecular formula is C13H12N6O2. The summed E-state index contributed by atoms with van der Waals surface area (Å²) in [5.74, 6) is -0.140. The number of H-pyrrole nitrogens is 2. The van der Waals surface area contributed by atoms with Crippen LogP contribution in [0.25, 0.3) is 11.3 Å². The lowest BCUT2D eigenvalue weighted by atomic mass is 10.1. The number of aromatic amines is 2. The van der Waals surface area contributed by atoms with Crippen LogP contribution in [0.5, 0.6) is 6.01 Å². The Morgan fingerprint density at radius 2 is 2.05 bits per heavy atom. The molecule has 0 atom stereocenters. The number of anilines is 1. The largest absolute Gasteiger partial charge is 0.466 e. The summed E-state index contributed by atoms with van der Waals surface area (Å²) in [6.07, 6.45) is 1.46. The maximum atomic E-state index is 12.3. The summed E-state index contributed by atoms with van der Waals surface area (Å²) >= 11 is 0. The minimum absolute atomic E-state index is 0.153. The smallest absolute Gasteiger partial charge is 0.336 e. The second-order valence-electron chi connectivity index (χ2n) is 4.15. The molecule has 0 fully saturated rings. The molecule has 3 aromatic rings. The second kappa shape index (κ2) is 5.45. The molecule has 0 unspecified atom stereocenters. The molecule has 2 aromatic heterocycles. The number of nitrogens with one attached hydrogen (secondary N) is 3. The van der Waals surface area contributed by atoms with Crippen molar-refractivity contribution in [2.24, 2.45) is 0 Å². The summed E-state index contributed by atoms with van der Waals surface area (Å²) in [7, 11) is 1.44. The first kappa shape index (κ1) is 12.9. The van der Waals surface area contributed by atoms with E-state index in [-0.39, 0.29) is 17.9 Å². The Bertz CT molecular complexity index is 749. The van der Waals surface area contributed by atoms with Crippen molar-refractivity contribution in [3.05, 3.63) is 42.1 Å². The Morgan fingerprint density at radius 3 is 2.76 bits per heavy atom. The van der Waals surface area contributed by atoms with Gasteiger partial charge in [0, 0.05) is 5.56 Å². The molecule has 0 aliphatic rings. The highest BCUT2D eigenvalue weighted by molar-refractivity contribution is 6.07. The lowest BCUT2D eigenvalue weighted by Gasteiger charge is -2.03. The number of ether oxygens (including phenoxy) is 1. The fraction of sp³-hybridized carbons (Fsp3) is 0.0769. The second-order valence-corrected chi connectivity index (χ2v) is 4.15. The van der Waals surface area contributed by atoms with Gasteiger partial charge in [0.2, 0.25) is 5.95 Å². The van der Waals surface area contributed by atoms with E-state index >= 15 is 0 Å². The zero-order valence-electron chi connectivity index (χ0n) is 11.1. The highest BCUT2D eigenvalue weighted by Gasteiger charge is 2.16. The minimum Gasteiger partial charge on any atom is -0.466 e. The van der Waals surface area contributed by atoms with Crippen LogP contribution in [0.4, 0.5) is 5.95 Å². The number of carbonyl (C=O) groups is 1. The summed E-state index contributed by atoms with van der Waals surface area (Å²) in [4.78, 5) is 16.2. The van der Waals surface area contributed by atoms with E-state index in [1.807, 2.05) is 30.3 Å². The molecule has 0 bridgehead atoms. The first-order valence-corrected chi connectivity index (χ1v) is 6.14. The van der Waals surface area contributed by atoms with E-state index in [1.54, 1.807) is 0 Å². The van der Waals surface area contributed by atoms with Crippen LogP contribution >= 0.6 is 0 Å². The number of aromatic nitrogens is 5. The number of nitrogens with zero attached hydrogens (tertiary/aromatic N) is 3. The molecule has 0 aliphatic carbocycles. The van der Waals surface area contributed by atoms with Crippen LogP contribution in [-0.4, -0.2) is 38.4 Å². The van der Waals surface area contributed by atoms with Gasteiger partial charge >= 0.3 is 6.01 Å². The van der Waals surface area contributed by atoms with Gasteiger partial charge in [-0.05, 0) is 0 Å². The summed E-state index contributed by atoms with van der Waals surface area (Å²) in [6, 6.07) is 9.61. The first-order chi connectivity index (χ1) is 10.3.